The lowest BCUT2D eigenvalue weighted by Crippen LogP contribution is -2.53. The molecule has 11 heteroatoms. The monoisotopic (exact) mass is 550 g/mol. The SMILES string of the molecule is CC(C)c1csc(CCc2ccn3c(=O)c(/C=C/C(=O)O)c(N4CCN(C(=O)[C@@H]5CCCN5)CC4)nc3c2)n1. The van der Waals surface area contributed by atoms with Gasteiger partial charge in [-0.3, -0.25) is 14.0 Å². The van der Waals surface area contributed by atoms with E-state index in [1.54, 1.807) is 17.5 Å². The standard InChI is InChI=1S/C28H34N6O4S/c1-18(2)22-17-39-24(30-22)7-5-19-9-11-34-23(16-19)31-26(20(27(34)37)6-8-25(35)36)32-12-14-33(15-13-32)28(38)21-4-3-10-29-21/h6,8-9,11,16-18,21,29H,3-5,7,10,12-15H2,1-2H3,(H,35,36)/b8-6+/t21-/m0/s1. The van der Waals surface area contributed by atoms with Crippen molar-refractivity contribution in [2.24, 2.45) is 0 Å². The van der Waals surface area contributed by atoms with Crippen LogP contribution >= 0.6 is 11.3 Å². The fraction of sp³-hybridized carbons (Fsp3) is 0.464. The number of amides is 1. The maximum atomic E-state index is 13.5. The van der Waals surface area contributed by atoms with Gasteiger partial charge in [-0.15, -0.1) is 11.3 Å². The van der Waals surface area contributed by atoms with Crippen LogP contribution in [0.4, 0.5) is 5.82 Å². The molecule has 5 rings (SSSR count). The molecule has 0 unspecified atom stereocenters. The van der Waals surface area contributed by atoms with Crippen molar-refractivity contribution in [2.75, 3.05) is 37.6 Å². The van der Waals surface area contributed by atoms with Crippen LogP contribution in [0, 0.1) is 0 Å². The molecule has 0 saturated carbocycles. The quantitative estimate of drug-likeness (QED) is 0.411. The number of thiazole rings is 1. The fourth-order valence-corrected chi connectivity index (χ4v) is 6.05. The van der Waals surface area contributed by atoms with Crippen LogP contribution in [-0.2, 0) is 22.4 Å². The largest absolute Gasteiger partial charge is 0.478 e. The van der Waals surface area contributed by atoms with Crippen molar-refractivity contribution in [3.63, 3.8) is 0 Å². The van der Waals surface area contributed by atoms with E-state index in [1.807, 2.05) is 21.9 Å². The predicted octanol–water partition coefficient (Wildman–Crippen LogP) is 2.56. The first kappa shape index (κ1) is 27.0. The molecule has 2 N–H and O–H groups in total. The summed E-state index contributed by atoms with van der Waals surface area (Å²) in [6.45, 7) is 7.19. The van der Waals surface area contributed by atoms with E-state index in [2.05, 4.69) is 24.5 Å². The van der Waals surface area contributed by atoms with E-state index in [0.29, 0.717) is 43.6 Å². The minimum Gasteiger partial charge on any atom is -0.478 e. The van der Waals surface area contributed by atoms with E-state index >= 15 is 0 Å². The third-order valence-corrected chi connectivity index (χ3v) is 8.27. The number of carbonyl (C=O) groups excluding carboxylic acids is 1. The highest BCUT2D eigenvalue weighted by Gasteiger charge is 2.30. The lowest BCUT2D eigenvalue weighted by atomic mass is 10.1. The van der Waals surface area contributed by atoms with Crippen LogP contribution in [0.3, 0.4) is 0 Å². The summed E-state index contributed by atoms with van der Waals surface area (Å²) in [7, 11) is 0. The van der Waals surface area contributed by atoms with Crippen molar-refractivity contribution in [3.8, 4) is 0 Å². The van der Waals surface area contributed by atoms with Crippen molar-refractivity contribution in [3.05, 3.63) is 62.0 Å². The molecule has 1 atom stereocenters. The summed E-state index contributed by atoms with van der Waals surface area (Å²) >= 11 is 1.67. The second-order valence-electron chi connectivity index (χ2n) is 10.4. The Morgan fingerprint density at radius 3 is 2.67 bits per heavy atom. The number of nitrogens with one attached hydrogen (secondary N) is 1. The molecule has 2 fully saturated rings. The highest BCUT2D eigenvalue weighted by Crippen LogP contribution is 2.22. The van der Waals surface area contributed by atoms with Gasteiger partial charge in [-0.05, 0) is 55.5 Å². The number of carbonyl (C=O) groups is 2. The average molecular weight is 551 g/mol. The van der Waals surface area contributed by atoms with Gasteiger partial charge < -0.3 is 20.2 Å². The third-order valence-electron chi connectivity index (χ3n) is 7.34. The Kier molecular flexibility index (Phi) is 8.08. The Bertz CT molecular complexity index is 1450. The maximum Gasteiger partial charge on any atom is 0.328 e. The van der Waals surface area contributed by atoms with Gasteiger partial charge in [-0.2, -0.15) is 0 Å². The number of nitrogens with zero attached hydrogens (tertiary/aromatic N) is 5. The number of aliphatic carboxylic acids is 1. The molecule has 39 heavy (non-hydrogen) atoms. The van der Waals surface area contributed by atoms with Gasteiger partial charge in [0, 0.05) is 50.3 Å². The molecule has 0 aromatic carbocycles. The number of pyridine rings is 1. The topological polar surface area (TPSA) is 120 Å². The normalized spacial score (nSPS) is 18.1. The Hall–Kier alpha value is -3.57. The average Bonchev–Trinajstić information content (AvgIpc) is 3.64. The summed E-state index contributed by atoms with van der Waals surface area (Å²) in [5, 5.41) is 15.7. The molecular formula is C28H34N6O4S. The van der Waals surface area contributed by atoms with Crippen molar-refractivity contribution >= 4 is 40.8 Å². The summed E-state index contributed by atoms with van der Waals surface area (Å²) in [6, 6.07) is 3.70. The summed E-state index contributed by atoms with van der Waals surface area (Å²) < 4.78 is 1.46. The smallest absolute Gasteiger partial charge is 0.328 e. The number of hydrogen-bond acceptors (Lipinski definition) is 8. The van der Waals surface area contributed by atoms with Crippen molar-refractivity contribution in [2.45, 2.75) is 51.5 Å². The van der Waals surface area contributed by atoms with Crippen LogP contribution in [0.2, 0.25) is 0 Å². The molecule has 206 valence electrons. The van der Waals surface area contributed by atoms with Gasteiger partial charge in [0.15, 0.2) is 0 Å². The molecule has 0 aliphatic carbocycles. The molecule has 3 aromatic rings. The summed E-state index contributed by atoms with van der Waals surface area (Å²) in [5.74, 6) is -0.172. The van der Waals surface area contributed by atoms with Gasteiger partial charge in [-0.1, -0.05) is 13.8 Å². The Morgan fingerprint density at radius 2 is 2.00 bits per heavy atom. The Labute approximate surface area is 231 Å². The van der Waals surface area contributed by atoms with Gasteiger partial charge in [0.1, 0.15) is 11.5 Å². The number of aromatic nitrogens is 3. The number of carboxylic acid groups (broad SMARTS) is 1. The molecule has 2 aliphatic rings. The van der Waals surface area contributed by atoms with Gasteiger partial charge >= 0.3 is 5.97 Å². The van der Waals surface area contributed by atoms with Crippen LogP contribution in [0.1, 0.15) is 54.4 Å². The number of aryl methyl sites for hydroxylation is 2. The van der Waals surface area contributed by atoms with Gasteiger partial charge in [0.2, 0.25) is 5.91 Å². The van der Waals surface area contributed by atoms with E-state index in [1.165, 1.54) is 10.5 Å². The lowest BCUT2D eigenvalue weighted by molar-refractivity contribution is -0.133. The van der Waals surface area contributed by atoms with Gasteiger partial charge in [0.25, 0.3) is 5.56 Å². The molecule has 5 heterocycles. The summed E-state index contributed by atoms with van der Waals surface area (Å²) in [6.07, 6.45) is 7.42. The second kappa shape index (κ2) is 11.7. The molecule has 0 radical (unpaired) electrons. The highest BCUT2D eigenvalue weighted by molar-refractivity contribution is 7.09. The number of fused-ring (bicyclic) bond motifs is 1. The molecule has 3 aromatic heterocycles. The maximum absolute atomic E-state index is 13.5. The van der Waals surface area contributed by atoms with E-state index in [0.717, 1.165) is 54.6 Å². The first-order valence-electron chi connectivity index (χ1n) is 13.5. The minimum atomic E-state index is -1.14. The van der Waals surface area contributed by atoms with E-state index in [4.69, 9.17) is 9.97 Å². The van der Waals surface area contributed by atoms with E-state index < -0.39 is 5.97 Å². The number of hydrogen-bond donors (Lipinski definition) is 2. The van der Waals surface area contributed by atoms with Crippen LogP contribution < -0.4 is 15.8 Å². The third kappa shape index (κ3) is 6.04. The number of carboxylic acids is 1. The Balaban J connectivity index is 1.40. The summed E-state index contributed by atoms with van der Waals surface area (Å²) in [4.78, 5) is 51.0. The Morgan fingerprint density at radius 1 is 1.21 bits per heavy atom. The van der Waals surface area contributed by atoms with E-state index in [9.17, 15) is 19.5 Å². The predicted molar refractivity (Wildman–Crippen MR) is 152 cm³/mol. The zero-order valence-electron chi connectivity index (χ0n) is 22.3. The first-order valence-corrected chi connectivity index (χ1v) is 14.4. The van der Waals surface area contributed by atoms with Crippen LogP contribution in [0.5, 0.6) is 0 Å². The van der Waals surface area contributed by atoms with Crippen molar-refractivity contribution < 1.29 is 14.7 Å². The van der Waals surface area contributed by atoms with E-state index in [-0.39, 0.29) is 23.1 Å². The molecular weight excluding hydrogens is 516 g/mol. The summed E-state index contributed by atoms with van der Waals surface area (Å²) in [5.41, 5.74) is 2.56. The number of rotatable bonds is 8. The number of anilines is 1. The van der Waals surface area contributed by atoms with Gasteiger partial charge in [-0.25, -0.2) is 14.8 Å². The fourth-order valence-electron chi connectivity index (χ4n) is 5.09. The van der Waals surface area contributed by atoms with Crippen LogP contribution in [-0.4, -0.2) is 75.0 Å². The molecule has 0 bridgehead atoms. The molecule has 0 spiro atoms. The number of piperazine rings is 1. The zero-order valence-corrected chi connectivity index (χ0v) is 23.1. The molecule has 10 nitrogen and oxygen atoms in total. The first-order chi connectivity index (χ1) is 18.8. The van der Waals surface area contributed by atoms with Crippen molar-refractivity contribution in [1.29, 1.82) is 0 Å². The minimum absolute atomic E-state index is 0.117. The molecule has 2 saturated heterocycles. The molecule has 2 aliphatic heterocycles. The van der Waals surface area contributed by atoms with Crippen LogP contribution in [0.15, 0.2) is 34.6 Å². The van der Waals surface area contributed by atoms with Gasteiger partial charge in [0.05, 0.1) is 22.3 Å². The zero-order chi connectivity index (χ0) is 27.5. The highest BCUT2D eigenvalue weighted by atomic mass is 32.1. The molecule has 1 amide bonds. The van der Waals surface area contributed by atoms with Crippen molar-refractivity contribution in [1.82, 2.24) is 24.6 Å². The van der Waals surface area contributed by atoms with Crippen LogP contribution in [0.25, 0.3) is 11.7 Å². The lowest BCUT2D eigenvalue weighted by Gasteiger charge is -2.37. The second-order valence-corrected chi connectivity index (χ2v) is 11.3.